The van der Waals surface area contributed by atoms with E-state index in [-0.39, 0.29) is 6.04 Å². The summed E-state index contributed by atoms with van der Waals surface area (Å²) in [6.45, 7) is 10.7. The quantitative estimate of drug-likeness (QED) is 0.642. The maximum atomic E-state index is 6.32. The number of ether oxygens (including phenoxy) is 1. The summed E-state index contributed by atoms with van der Waals surface area (Å²) in [5.41, 5.74) is 6.32. The zero-order valence-corrected chi connectivity index (χ0v) is 12.4. The lowest BCUT2D eigenvalue weighted by Gasteiger charge is -2.39. The molecule has 0 rings (SSSR count). The highest BCUT2D eigenvalue weighted by atomic mass is 16.5. The first-order valence-electron chi connectivity index (χ1n) is 7.12. The summed E-state index contributed by atoms with van der Waals surface area (Å²) in [7, 11) is 1.77. The van der Waals surface area contributed by atoms with Crippen LogP contribution in [0.25, 0.3) is 0 Å². The highest BCUT2D eigenvalue weighted by Crippen LogP contribution is 2.16. The summed E-state index contributed by atoms with van der Waals surface area (Å²) < 4.78 is 5.22. The summed E-state index contributed by atoms with van der Waals surface area (Å²) in [5, 5.41) is 0. The smallest absolute Gasteiger partial charge is 0.0589 e. The van der Waals surface area contributed by atoms with Gasteiger partial charge in [0.2, 0.25) is 0 Å². The zero-order valence-electron chi connectivity index (χ0n) is 12.4. The van der Waals surface area contributed by atoms with Gasteiger partial charge in [-0.15, -0.1) is 0 Å². The third-order valence-electron chi connectivity index (χ3n) is 3.67. The Balaban J connectivity index is 4.58. The van der Waals surface area contributed by atoms with Crippen LogP contribution in [-0.2, 0) is 4.74 Å². The molecule has 0 aliphatic heterocycles. The molecule has 0 aromatic carbocycles. The van der Waals surface area contributed by atoms with Crippen molar-refractivity contribution in [2.75, 3.05) is 20.3 Å². The van der Waals surface area contributed by atoms with Gasteiger partial charge in [0.1, 0.15) is 0 Å². The first-order valence-corrected chi connectivity index (χ1v) is 7.12. The molecule has 3 heteroatoms. The molecule has 3 nitrogen and oxygen atoms in total. The molecule has 0 amide bonds. The van der Waals surface area contributed by atoms with Crippen molar-refractivity contribution in [3.63, 3.8) is 0 Å². The Hall–Kier alpha value is -0.120. The number of rotatable bonds is 10. The van der Waals surface area contributed by atoms with Gasteiger partial charge in [-0.05, 0) is 26.2 Å². The fourth-order valence-electron chi connectivity index (χ4n) is 2.45. The van der Waals surface area contributed by atoms with Crippen molar-refractivity contribution in [2.45, 2.75) is 71.5 Å². The number of hydrogen-bond donors (Lipinski definition) is 1. The SMILES string of the molecule is CCCC(N)C(CC)N(CCOC)C(C)CC. The maximum Gasteiger partial charge on any atom is 0.0589 e. The van der Waals surface area contributed by atoms with Crippen molar-refractivity contribution in [3.05, 3.63) is 0 Å². The lowest BCUT2D eigenvalue weighted by Crippen LogP contribution is -2.52. The molecule has 104 valence electrons. The van der Waals surface area contributed by atoms with Gasteiger partial charge in [0.15, 0.2) is 0 Å². The van der Waals surface area contributed by atoms with Crippen LogP contribution in [-0.4, -0.2) is 43.3 Å². The van der Waals surface area contributed by atoms with E-state index in [2.05, 4.69) is 32.6 Å². The van der Waals surface area contributed by atoms with Crippen molar-refractivity contribution in [2.24, 2.45) is 5.73 Å². The molecule has 3 atom stereocenters. The van der Waals surface area contributed by atoms with Gasteiger partial charge in [-0.3, -0.25) is 4.90 Å². The Labute approximate surface area is 108 Å². The molecular formula is C14H32N2O. The molecule has 0 saturated carbocycles. The Kier molecular flexibility index (Phi) is 9.79. The first-order chi connectivity index (χ1) is 8.12. The highest BCUT2D eigenvalue weighted by molar-refractivity contribution is 4.83. The van der Waals surface area contributed by atoms with Gasteiger partial charge < -0.3 is 10.5 Å². The Morgan fingerprint density at radius 1 is 1.18 bits per heavy atom. The molecule has 3 unspecified atom stereocenters. The number of nitrogens with two attached hydrogens (primary N) is 1. The lowest BCUT2D eigenvalue weighted by atomic mass is 9.98. The molecule has 2 N–H and O–H groups in total. The van der Waals surface area contributed by atoms with Gasteiger partial charge in [0.05, 0.1) is 6.61 Å². The van der Waals surface area contributed by atoms with Crippen LogP contribution in [0.2, 0.25) is 0 Å². The summed E-state index contributed by atoms with van der Waals surface area (Å²) in [4.78, 5) is 2.53. The largest absolute Gasteiger partial charge is 0.383 e. The summed E-state index contributed by atoms with van der Waals surface area (Å²) in [6.07, 6.45) is 4.56. The van der Waals surface area contributed by atoms with Crippen LogP contribution in [0, 0.1) is 0 Å². The molecule has 17 heavy (non-hydrogen) atoms. The van der Waals surface area contributed by atoms with Gasteiger partial charge in [-0.1, -0.05) is 27.2 Å². The zero-order chi connectivity index (χ0) is 13.3. The highest BCUT2D eigenvalue weighted by Gasteiger charge is 2.25. The molecule has 0 aliphatic carbocycles. The van der Waals surface area contributed by atoms with E-state index >= 15 is 0 Å². The Morgan fingerprint density at radius 2 is 1.82 bits per heavy atom. The van der Waals surface area contributed by atoms with E-state index < -0.39 is 0 Å². The molecule has 0 heterocycles. The maximum absolute atomic E-state index is 6.32. The normalized spacial score (nSPS) is 17.1. The molecular weight excluding hydrogens is 212 g/mol. The van der Waals surface area contributed by atoms with Crippen LogP contribution in [0.3, 0.4) is 0 Å². The standard InChI is InChI=1S/C14H32N2O/c1-6-9-13(15)14(8-3)16(10-11-17-5)12(4)7-2/h12-14H,6-11,15H2,1-5H3. The number of nitrogens with zero attached hydrogens (tertiary/aromatic N) is 1. The average molecular weight is 244 g/mol. The van der Waals surface area contributed by atoms with Crippen LogP contribution in [0.5, 0.6) is 0 Å². The fraction of sp³-hybridized carbons (Fsp3) is 1.00. The van der Waals surface area contributed by atoms with Crippen LogP contribution in [0.15, 0.2) is 0 Å². The van der Waals surface area contributed by atoms with Gasteiger partial charge in [0.25, 0.3) is 0 Å². The Morgan fingerprint density at radius 3 is 2.24 bits per heavy atom. The molecule has 0 fully saturated rings. The molecule has 0 radical (unpaired) electrons. The minimum atomic E-state index is 0.288. The van der Waals surface area contributed by atoms with Crippen molar-refractivity contribution >= 4 is 0 Å². The summed E-state index contributed by atoms with van der Waals surface area (Å²) in [5.74, 6) is 0. The molecule has 0 bridgehead atoms. The van der Waals surface area contributed by atoms with E-state index in [9.17, 15) is 0 Å². The van der Waals surface area contributed by atoms with E-state index in [1.165, 1.54) is 6.42 Å². The molecule has 0 aromatic heterocycles. The summed E-state index contributed by atoms with van der Waals surface area (Å²) in [6, 6.07) is 1.36. The minimum absolute atomic E-state index is 0.288. The minimum Gasteiger partial charge on any atom is -0.383 e. The second kappa shape index (κ2) is 9.86. The second-order valence-electron chi connectivity index (χ2n) is 4.92. The number of hydrogen-bond acceptors (Lipinski definition) is 3. The monoisotopic (exact) mass is 244 g/mol. The second-order valence-corrected chi connectivity index (χ2v) is 4.92. The topological polar surface area (TPSA) is 38.5 Å². The predicted octanol–water partition coefficient (Wildman–Crippen LogP) is 2.64. The van der Waals surface area contributed by atoms with Crippen molar-refractivity contribution in [1.29, 1.82) is 0 Å². The van der Waals surface area contributed by atoms with Crippen LogP contribution < -0.4 is 5.73 Å². The van der Waals surface area contributed by atoms with Gasteiger partial charge in [-0.25, -0.2) is 0 Å². The number of methoxy groups -OCH3 is 1. The van der Waals surface area contributed by atoms with Gasteiger partial charge in [0, 0.05) is 31.8 Å². The lowest BCUT2D eigenvalue weighted by molar-refractivity contribution is 0.0731. The fourth-order valence-corrected chi connectivity index (χ4v) is 2.45. The Bertz CT molecular complexity index is 176. The van der Waals surface area contributed by atoms with Crippen molar-refractivity contribution in [3.8, 4) is 0 Å². The van der Waals surface area contributed by atoms with Crippen LogP contribution in [0.4, 0.5) is 0 Å². The van der Waals surface area contributed by atoms with E-state index in [0.717, 1.165) is 32.4 Å². The van der Waals surface area contributed by atoms with Crippen LogP contribution >= 0.6 is 0 Å². The molecule has 0 aromatic rings. The molecule has 0 spiro atoms. The van der Waals surface area contributed by atoms with Crippen molar-refractivity contribution in [1.82, 2.24) is 4.90 Å². The van der Waals surface area contributed by atoms with Gasteiger partial charge >= 0.3 is 0 Å². The molecule has 0 saturated heterocycles. The van der Waals surface area contributed by atoms with E-state index in [0.29, 0.717) is 12.1 Å². The third-order valence-corrected chi connectivity index (χ3v) is 3.67. The average Bonchev–Trinajstić information content (AvgIpc) is 2.33. The van der Waals surface area contributed by atoms with E-state index in [1.54, 1.807) is 7.11 Å². The first kappa shape index (κ1) is 16.9. The van der Waals surface area contributed by atoms with Crippen LogP contribution in [0.1, 0.15) is 53.4 Å². The third kappa shape index (κ3) is 5.84. The van der Waals surface area contributed by atoms with Gasteiger partial charge in [-0.2, -0.15) is 0 Å². The summed E-state index contributed by atoms with van der Waals surface area (Å²) >= 11 is 0. The van der Waals surface area contributed by atoms with E-state index in [1.807, 2.05) is 0 Å². The predicted molar refractivity (Wildman–Crippen MR) is 75.3 cm³/mol. The van der Waals surface area contributed by atoms with Crippen molar-refractivity contribution < 1.29 is 4.74 Å². The molecule has 0 aliphatic rings. The van der Waals surface area contributed by atoms with E-state index in [4.69, 9.17) is 10.5 Å².